The molecule has 0 amide bonds. The minimum Gasteiger partial charge on any atom is -0.494 e. The molecule has 12 heteroatoms. The van der Waals surface area contributed by atoms with E-state index in [0.717, 1.165) is 12.1 Å². The number of anilines is 1. The quantitative estimate of drug-likeness (QED) is 0.232. The standard InChI is InChI=1S/C24H23FN2O8S/c1-32-19-11-10-16(9-8-15-12-20(33-2)24(35-4)21(13-15)34-3)23(22(19)25)26-36(30,31)18-7-5-6-17(14-18)27(28)29/h5-14,26H,1-4H3. The first-order valence-corrected chi connectivity index (χ1v) is 11.7. The Hall–Kier alpha value is -4.32. The van der Waals surface area contributed by atoms with Crippen LogP contribution in [0.1, 0.15) is 11.1 Å². The number of rotatable bonds is 10. The van der Waals surface area contributed by atoms with Gasteiger partial charge in [-0.15, -0.1) is 0 Å². The number of methoxy groups -OCH3 is 4. The first-order chi connectivity index (χ1) is 17.1. The fraction of sp³-hybridized carbons (Fsp3) is 0.167. The second-order valence-corrected chi connectivity index (χ2v) is 8.88. The summed E-state index contributed by atoms with van der Waals surface area (Å²) >= 11 is 0. The zero-order chi connectivity index (χ0) is 26.5. The van der Waals surface area contributed by atoms with Crippen molar-refractivity contribution in [1.82, 2.24) is 0 Å². The molecule has 0 saturated carbocycles. The van der Waals surface area contributed by atoms with Crippen molar-refractivity contribution in [3.05, 3.63) is 75.6 Å². The maximum atomic E-state index is 15.2. The van der Waals surface area contributed by atoms with Crippen molar-refractivity contribution in [3.63, 3.8) is 0 Å². The Morgan fingerprint density at radius 2 is 1.53 bits per heavy atom. The lowest BCUT2D eigenvalue weighted by atomic mass is 10.1. The monoisotopic (exact) mass is 518 g/mol. The highest BCUT2D eigenvalue weighted by atomic mass is 32.2. The Balaban J connectivity index is 2.07. The molecule has 0 heterocycles. The summed E-state index contributed by atoms with van der Waals surface area (Å²) in [5.41, 5.74) is -0.0691. The molecule has 3 aromatic rings. The number of non-ortho nitro benzene ring substituents is 1. The molecule has 0 aliphatic heterocycles. The molecule has 190 valence electrons. The molecule has 10 nitrogen and oxygen atoms in total. The molecule has 0 aliphatic carbocycles. The number of nitro benzene ring substituents is 1. The van der Waals surface area contributed by atoms with Gasteiger partial charge in [0.05, 0.1) is 43.9 Å². The maximum Gasteiger partial charge on any atom is 0.270 e. The van der Waals surface area contributed by atoms with Crippen LogP contribution in [0.15, 0.2) is 53.4 Å². The molecule has 0 aliphatic rings. The van der Waals surface area contributed by atoms with Crippen molar-refractivity contribution in [2.24, 2.45) is 0 Å². The number of sulfonamides is 1. The number of hydrogen-bond donors (Lipinski definition) is 1. The van der Waals surface area contributed by atoms with Crippen LogP contribution >= 0.6 is 0 Å². The van der Waals surface area contributed by atoms with Crippen molar-refractivity contribution in [1.29, 1.82) is 0 Å². The zero-order valence-electron chi connectivity index (χ0n) is 19.8. The molecule has 0 fully saturated rings. The first-order valence-electron chi connectivity index (χ1n) is 10.3. The van der Waals surface area contributed by atoms with Gasteiger partial charge in [-0.25, -0.2) is 12.8 Å². The van der Waals surface area contributed by atoms with E-state index in [9.17, 15) is 18.5 Å². The van der Waals surface area contributed by atoms with Gasteiger partial charge in [0.25, 0.3) is 15.7 Å². The van der Waals surface area contributed by atoms with Crippen LogP contribution in [-0.4, -0.2) is 41.8 Å². The van der Waals surface area contributed by atoms with E-state index in [1.54, 1.807) is 18.2 Å². The highest BCUT2D eigenvalue weighted by molar-refractivity contribution is 7.92. The SMILES string of the molecule is COc1ccc(C=Cc2cc(OC)c(OC)c(OC)c2)c(NS(=O)(=O)c2cccc([N+](=O)[O-])c2)c1F. The van der Waals surface area contributed by atoms with E-state index >= 15 is 4.39 Å². The minimum absolute atomic E-state index is 0.163. The summed E-state index contributed by atoms with van der Waals surface area (Å²) in [5, 5.41) is 11.1. The lowest BCUT2D eigenvalue weighted by molar-refractivity contribution is -0.385. The third-order valence-electron chi connectivity index (χ3n) is 5.08. The van der Waals surface area contributed by atoms with Crippen LogP contribution in [0.5, 0.6) is 23.0 Å². The summed E-state index contributed by atoms with van der Waals surface area (Å²) in [5.74, 6) is 0.0151. The Morgan fingerprint density at radius 1 is 0.889 bits per heavy atom. The Labute approximate surface area is 207 Å². The van der Waals surface area contributed by atoms with Crippen molar-refractivity contribution in [3.8, 4) is 23.0 Å². The number of ether oxygens (including phenoxy) is 4. The molecule has 3 aromatic carbocycles. The van der Waals surface area contributed by atoms with Crippen LogP contribution in [0, 0.1) is 15.9 Å². The highest BCUT2D eigenvalue weighted by Crippen LogP contribution is 2.39. The largest absolute Gasteiger partial charge is 0.494 e. The molecular formula is C24H23FN2O8S. The molecular weight excluding hydrogens is 495 g/mol. The van der Waals surface area contributed by atoms with Gasteiger partial charge in [-0.2, -0.15) is 0 Å². The van der Waals surface area contributed by atoms with E-state index in [1.807, 2.05) is 0 Å². The summed E-state index contributed by atoms with van der Waals surface area (Å²) < 4.78 is 64.3. The second-order valence-electron chi connectivity index (χ2n) is 7.20. The normalized spacial score (nSPS) is 11.2. The summed E-state index contributed by atoms with van der Waals surface area (Å²) in [4.78, 5) is 9.93. The Morgan fingerprint density at radius 3 is 2.08 bits per heavy atom. The molecule has 0 saturated heterocycles. The second kappa shape index (κ2) is 11.0. The third kappa shape index (κ3) is 5.49. The molecule has 0 spiro atoms. The van der Waals surface area contributed by atoms with Crippen LogP contribution in [0.3, 0.4) is 0 Å². The molecule has 0 bridgehead atoms. The topological polar surface area (TPSA) is 126 Å². The summed E-state index contributed by atoms with van der Waals surface area (Å²) in [6.45, 7) is 0. The van der Waals surface area contributed by atoms with E-state index in [0.29, 0.717) is 22.8 Å². The molecule has 36 heavy (non-hydrogen) atoms. The minimum atomic E-state index is -4.39. The van der Waals surface area contributed by atoms with Gasteiger partial charge in [-0.1, -0.05) is 18.2 Å². The molecule has 0 atom stereocenters. The number of nitrogens with one attached hydrogen (secondary N) is 1. The number of nitro groups is 1. The van der Waals surface area contributed by atoms with E-state index in [2.05, 4.69) is 4.72 Å². The fourth-order valence-corrected chi connectivity index (χ4v) is 4.44. The molecule has 0 unspecified atom stereocenters. The van der Waals surface area contributed by atoms with Crippen LogP contribution in [0.4, 0.5) is 15.8 Å². The van der Waals surface area contributed by atoms with Crippen molar-refractivity contribution in [2.45, 2.75) is 4.90 Å². The van der Waals surface area contributed by atoms with Gasteiger partial charge >= 0.3 is 0 Å². The first kappa shape index (κ1) is 26.3. The van der Waals surface area contributed by atoms with Gasteiger partial charge < -0.3 is 18.9 Å². The van der Waals surface area contributed by atoms with Crippen molar-refractivity contribution < 1.29 is 36.7 Å². The lowest BCUT2D eigenvalue weighted by Crippen LogP contribution is -2.15. The molecule has 0 aromatic heterocycles. The number of nitrogens with zero attached hydrogens (tertiary/aromatic N) is 1. The molecule has 3 rings (SSSR count). The predicted octanol–water partition coefficient (Wildman–Crippen LogP) is 4.74. The Kier molecular flexibility index (Phi) is 8.00. The van der Waals surface area contributed by atoms with E-state index < -0.39 is 37.0 Å². The van der Waals surface area contributed by atoms with Gasteiger partial charge in [-0.3, -0.25) is 14.8 Å². The van der Waals surface area contributed by atoms with Crippen LogP contribution in [0.25, 0.3) is 12.2 Å². The predicted molar refractivity (Wildman–Crippen MR) is 132 cm³/mol. The molecule has 0 radical (unpaired) electrons. The molecule has 1 N–H and O–H groups in total. The summed E-state index contributed by atoms with van der Waals surface area (Å²) in [6.07, 6.45) is 3.07. The van der Waals surface area contributed by atoms with Crippen molar-refractivity contribution >= 4 is 33.6 Å². The average molecular weight is 519 g/mol. The van der Waals surface area contributed by atoms with E-state index in [4.69, 9.17) is 18.9 Å². The van der Waals surface area contributed by atoms with Gasteiger partial charge in [0.2, 0.25) is 5.75 Å². The third-order valence-corrected chi connectivity index (χ3v) is 6.42. The van der Waals surface area contributed by atoms with Gasteiger partial charge in [0.1, 0.15) is 0 Å². The number of hydrogen-bond acceptors (Lipinski definition) is 8. The van der Waals surface area contributed by atoms with Crippen molar-refractivity contribution in [2.75, 3.05) is 33.2 Å². The Bertz CT molecular complexity index is 1400. The zero-order valence-corrected chi connectivity index (χ0v) is 20.6. The average Bonchev–Trinajstić information content (AvgIpc) is 2.88. The van der Waals surface area contributed by atoms with Crippen LogP contribution < -0.4 is 23.7 Å². The van der Waals surface area contributed by atoms with Gasteiger partial charge in [-0.05, 0) is 35.9 Å². The lowest BCUT2D eigenvalue weighted by Gasteiger charge is -2.14. The fourth-order valence-electron chi connectivity index (χ4n) is 3.31. The van der Waals surface area contributed by atoms with Crippen LogP contribution in [-0.2, 0) is 10.0 Å². The number of halogens is 1. The summed E-state index contributed by atoms with van der Waals surface area (Å²) in [7, 11) is 1.24. The van der Waals surface area contributed by atoms with Crippen LogP contribution in [0.2, 0.25) is 0 Å². The maximum absolute atomic E-state index is 15.2. The van der Waals surface area contributed by atoms with E-state index in [1.165, 1.54) is 58.8 Å². The number of benzene rings is 3. The smallest absolute Gasteiger partial charge is 0.270 e. The van der Waals surface area contributed by atoms with E-state index in [-0.39, 0.29) is 11.3 Å². The van der Waals surface area contributed by atoms with Gasteiger partial charge in [0.15, 0.2) is 23.1 Å². The highest BCUT2D eigenvalue weighted by Gasteiger charge is 2.22. The summed E-state index contributed by atoms with van der Waals surface area (Å²) in [6, 6.07) is 10.5. The van der Waals surface area contributed by atoms with Gasteiger partial charge in [0, 0.05) is 17.7 Å².